The third-order valence-electron chi connectivity index (χ3n) is 7.13. The topological polar surface area (TPSA) is 77.2 Å². The van der Waals surface area contributed by atoms with Gasteiger partial charge >= 0.3 is 6.18 Å². The molecule has 0 aromatic carbocycles. The first kappa shape index (κ1) is 31.5. The van der Waals surface area contributed by atoms with Crippen molar-refractivity contribution in [1.82, 2.24) is 20.5 Å². The summed E-state index contributed by atoms with van der Waals surface area (Å²) in [4.78, 5) is 31.3. The average molecular weight is 577 g/mol. The van der Waals surface area contributed by atoms with Crippen LogP contribution >= 0.6 is 11.8 Å². The van der Waals surface area contributed by atoms with Crippen molar-refractivity contribution in [2.24, 2.45) is 0 Å². The fourth-order valence-corrected chi connectivity index (χ4v) is 5.86. The van der Waals surface area contributed by atoms with Crippen molar-refractivity contribution in [3.63, 3.8) is 0 Å². The normalized spacial score (nSPS) is 20.8. The number of allylic oxidation sites excluding steroid dienone is 4. The lowest BCUT2D eigenvalue weighted by Crippen LogP contribution is -2.35. The molecule has 1 unspecified atom stereocenters. The summed E-state index contributed by atoms with van der Waals surface area (Å²) in [6, 6.07) is 0. The highest BCUT2D eigenvalue weighted by Gasteiger charge is 2.35. The number of alkyl halides is 3. The van der Waals surface area contributed by atoms with E-state index in [-0.39, 0.29) is 29.2 Å². The molecule has 2 amide bonds. The zero-order valence-corrected chi connectivity index (χ0v) is 24.4. The summed E-state index contributed by atoms with van der Waals surface area (Å²) in [6.07, 6.45) is 8.65. The number of thioether (sulfide) groups is 1. The van der Waals surface area contributed by atoms with Crippen LogP contribution in [-0.2, 0) is 4.79 Å². The number of aromatic amines is 1. The first-order valence-electron chi connectivity index (χ1n) is 13.7. The van der Waals surface area contributed by atoms with Crippen molar-refractivity contribution in [2.45, 2.75) is 58.4 Å². The lowest BCUT2D eigenvalue weighted by Gasteiger charge is -2.19. The Morgan fingerprint density at radius 1 is 1.20 bits per heavy atom. The number of carbonyl (C=O) groups is 2. The van der Waals surface area contributed by atoms with Gasteiger partial charge < -0.3 is 20.5 Å². The molecule has 1 aliphatic carbocycles. The van der Waals surface area contributed by atoms with Crippen LogP contribution in [0.15, 0.2) is 53.3 Å². The standard InChI is InChI=1S/C30H39F3N4O2S/c1-5-37(6-2)17-16-35-29(39)27-20(3)26(36-21(27)4)18-22-13-14-24(11-9-15-34-28(22)38)40-19-23-10-7-8-12-25(23)30(31,32)33/h7,9-10,13-15,18,24,36H,5-6,8,11-12,16-17,19H2,1-4H3,(H,34,38)(H,35,39)/b14-13+,15-9+,22-18-. The Hall–Kier alpha value is -2.98. The quantitative estimate of drug-likeness (QED) is 0.299. The Labute approximate surface area is 238 Å². The third-order valence-corrected chi connectivity index (χ3v) is 8.38. The fraction of sp³-hybridized carbons (Fsp3) is 0.467. The number of carbonyl (C=O) groups excluding carboxylic acids is 2. The van der Waals surface area contributed by atoms with Crippen LogP contribution in [0.25, 0.3) is 6.08 Å². The molecule has 40 heavy (non-hydrogen) atoms. The summed E-state index contributed by atoms with van der Waals surface area (Å²) in [5.74, 6) is -0.246. The van der Waals surface area contributed by atoms with Crippen LogP contribution in [-0.4, -0.2) is 65.1 Å². The SMILES string of the molecule is CCN(CC)CCNC(=O)c1c(C)[nH]c(/C=C2/C=C/C(SCC3=C(C(F)(F)F)CCC=C3)C/C=C/NC2=O)c1C. The predicted molar refractivity (Wildman–Crippen MR) is 157 cm³/mol. The molecule has 1 atom stereocenters. The van der Waals surface area contributed by atoms with Crippen LogP contribution in [0.3, 0.4) is 0 Å². The number of aryl methyl sites for hydroxylation is 1. The maximum atomic E-state index is 13.5. The number of nitrogens with zero attached hydrogens (tertiary/aromatic N) is 1. The number of likely N-dealkylation sites (N-methyl/N-ethyl adjacent to an activating group) is 1. The molecule has 1 aromatic rings. The van der Waals surface area contributed by atoms with E-state index >= 15 is 0 Å². The van der Waals surface area contributed by atoms with Gasteiger partial charge in [-0.05, 0) is 63.4 Å². The van der Waals surface area contributed by atoms with Gasteiger partial charge in [-0.25, -0.2) is 0 Å². The molecule has 2 aliphatic rings. The van der Waals surface area contributed by atoms with Crippen LogP contribution < -0.4 is 10.6 Å². The van der Waals surface area contributed by atoms with Gasteiger partial charge in [-0.15, -0.1) is 11.8 Å². The van der Waals surface area contributed by atoms with Gasteiger partial charge in [0.05, 0.1) is 5.56 Å². The summed E-state index contributed by atoms with van der Waals surface area (Å²) in [6.45, 7) is 11.0. The van der Waals surface area contributed by atoms with Crippen molar-refractivity contribution in [3.8, 4) is 0 Å². The number of rotatable bonds is 10. The number of hydrogen-bond acceptors (Lipinski definition) is 4. The molecular weight excluding hydrogens is 537 g/mol. The number of amides is 2. The maximum absolute atomic E-state index is 13.5. The molecule has 10 heteroatoms. The largest absolute Gasteiger partial charge is 0.412 e. The summed E-state index contributed by atoms with van der Waals surface area (Å²) in [5, 5.41) is 5.61. The number of H-pyrrole nitrogens is 1. The van der Waals surface area contributed by atoms with Gasteiger partial charge in [-0.3, -0.25) is 9.59 Å². The van der Waals surface area contributed by atoms with E-state index in [1.54, 1.807) is 30.5 Å². The molecule has 0 saturated heterocycles. The molecular formula is C30H39F3N4O2S. The number of hydrogen-bond donors (Lipinski definition) is 3. The molecule has 0 spiro atoms. The van der Waals surface area contributed by atoms with Crippen molar-refractivity contribution in [1.29, 1.82) is 0 Å². The predicted octanol–water partition coefficient (Wildman–Crippen LogP) is 5.99. The van der Waals surface area contributed by atoms with E-state index in [1.807, 2.05) is 26.0 Å². The van der Waals surface area contributed by atoms with E-state index in [1.165, 1.54) is 11.8 Å². The highest BCUT2D eigenvalue weighted by Crippen LogP contribution is 2.36. The minimum absolute atomic E-state index is 0.00641. The first-order chi connectivity index (χ1) is 19.0. The van der Waals surface area contributed by atoms with E-state index in [0.717, 1.165) is 25.2 Å². The van der Waals surface area contributed by atoms with Gasteiger partial charge in [-0.1, -0.05) is 44.2 Å². The van der Waals surface area contributed by atoms with Crippen LogP contribution in [0.1, 0.15) is 60.4 Å². The van der Waals surface area contributed by atoms with Crippen LogP contribution in [0.2, 0.25) is 0 Å². The Kier molecular flexibility index (Phi) is 11.5. The second-order valence-electron chi connectivity index (χ2n) is 9.81. The van der Waals surface area contributed by atoms with Crippen molar-refractivity contribution < 1.29 is 22.8 Å². The molecule has 0 saturated carbocycles. The van der Waals surface area contributed by atoms with Crippen LogP contribution in [0.5, 0.6) is 0 Å². The zero-order valence-electron chi connectivity index (χ0n) is 23.6. The lowest BCUT2D eigenvalue weighted by molar-refractivity contribution is -0.116. The van der Waals surface area contributed by atoms with Gasteiger partial charge in [-0.2, -0.15) is 13.2 Å². The number of halogens is 3. The van der Waals surface area contributed by atoms with E-state index in [2.05, 4.69) is 34.4 Å². The first-order valence-corrected chi connectivity index (χ1v) is 14.7. The van der Waals surface area contributed by atoms with Crippen LogP contribution in [0, 0.1) is 13.8 Å². The Morgan fingerprint density at radius 2 is 1.95 bits per heavy atom. The highest BCUT2D eigenvalue weighted by molar-refractivity contribution is 8.00. The second kappa shape index (κ2) is 14.6. The summed E-state index contributed by atoms with van der Waals surface area (Å²) in [7, 11) is 0. The molecule has 1 aliphatic heterocycles. The second-order valence-corrected chi connectivity index (χ2v) is 11.0. The van der Waals surface area contributed by atoms with Gasteiger partial charge in [0, 0.05) is 52.8 Å². The fourth-order valence-electron chi connectivity index (χ4n) is 4.76. The van der Waals surface area contributed by atoms with Crippen molar-refractivity contribution >= 4 is 29.7 Å². The molecule has 3 N–H and O–H groups in total. The molecule has 3 rings (SSSR count). The number of nitrogens with one attached hydrogen (secondary N) is 3. The molecule has 1 aromatic heterocycles. The monoisotopic (exact) mass is 576 g/mol. The Bertz CT molecular complexity index is 1220. The van der Waals surface area contributed by atoms with Gasteiger partial charge in [0.25, 0.3) is 11.8 Å². The van der Waals surface area contributed by atoms with E-state index in [0.29, 0.717) is 47.5 Å². The summed E-state index contributed by atoms with van der Waals surface area (Å²) >= 11 is 1.41. The van der Waals surface area contributed by atoms with E-state index in [4.69, 9.17) is 0 Å². The van der Waals surface area contributed by atoms with Gasteiger partial charge in [0.15, 0.2) is 0 Å². The molecule has 2 heterocycles. The van der Waals surface area contributed by atoms with Crippen molar-refractivity contribution in [3.05, 3.63) is 75.8 Å². The van der Waals surface area contributed by atoms with Gasteiger partial charge in [0.1, 0.15) is 0 Å². The summed E-state index contributed by atoms with van der Waals surface area (Å²) in [5.41, 5.74) is 2.90. The average Bonchev–Trinajstić information content (AvgIpc) is 3.24. The lowest BCUT2D eigenvalue weighted by atomic mass is 9.98. The third kappa shape index (κ3) is 8.51. The highest BCUT2D eigenvalue weighted by atomic mass is 32.2. The Balaban J connectivity index is 1.77. The van der Waals surface area contributed by atoms with E-state index in [9.17, 15) is 22.8 Å². The number of aromatic nitrogens is 1. The molecule has 0 bridgehead atoms. The maximum Gasteiger partial charge on any atom is 0.412 e. The van der Waals surface area contributed by atoms with Crippen LogP contribution in [0.4, 0.5) is 13.2 Å². The van der Waals surface area contributed by atoms with Gasteiger partial charge in [0.2, 0.25) is 0 Å². The summed E-state index contributed by atoms with van der Waals surface area (Å²) < 4.78 is 40.4. The molecule has 0 radical (unpaired) electrons. The zero-order chi connectivity index (χ0) is 29.3. The minimum atomic E-state index is -4.33. The molecule has 0 fully saturated rings. The minimum Gasteiger partial charge on any atom is -0.358 e. The molecule has 218 valence electrons. The van der Waals surface area contributed by atoms with Crippen molar-refractivity contribution in [2.75, 3.05) is 31.9 Å². The molecule has 6 nitrogen and oxygen atoms in total. The Morgan fingerprint density at radius 3 is 2.65 bits per heavy atom. The smallest absolute Gasteiger partial charge is 0.358 e. The van der Waals surface area contributed by atoms with E-state index < -0.39 is 11.7 Å².